The first kappa shape index (κ1) is 5.84. The molecule has 1 aliphatic heterocycles. The minimum atomic E-state index is -3.02. The van der Waals surface area contributed by atoms with E-state index in [4.69, 9.17) is 0 Å². The average Bonchev–Trinajstić information content (AvgIpc) is 1.66. The van der Waals surface area contributed by atoms with Gasteiger partial charge in [-0.2, -0.15) is 8.78 Å². The number of halogens is 3. The summed E-state index contributed by atoms with van der Waals surface area (Å²) in [6.45, 7) is -0.686. The number of hydrogen-bond donors (Lipinski definition) is 1. The molecule has 0 amide bonds. The van der Waals surface area contributed by atoms with Crippen LogP contribution in [-0.2, 0) is 4.74 Å². The zero-order valence-electron chi connectivity index (χ0n) is 3.83. The number of ether oxygens (including phenoxy) is 1. The summed E-state index contributed by atoms with van der Waals surface area (Å²) in [7, 11) is 0. The third-order valence-electron chi connectivity index (χ3n) is 0.925. The fourth-order valence-electron chi connectivity index (χ4n) is 0.404. The molecule has 48 valence electrons. The van der Waals surface area contributed by atoms with Gasteiger partial charge in [0.2, 0.25) is 6.23 Å². The molecule has 0 radical (unpaired) electrons. The molecule has 5 heteroatoms. The van der Waals surface area contributed by atoms with Gasteiger partial charge < -0.3 is 4.74 Å². The molecule has 1 heterocycles. The molecule has 1 unspecified atom stereocenters. The van der Waals surface area contributed by atoms with E-state index in [1.54, 1.807) is 0 Å². The lowest BCUT2D eigenvalue weighted by Gasteiger charge is -2.33. The summed E-state index contributed by atoms with van der Waals surface area (Å²) in [5, 5.41) is 0. The number of rotatable bonds is 1. The Balaban J connectivity index is 2.37. The molecule has 0 saturated carbocycles. The maximum absolute atomic E-state index is 11.8. The van der Waals surface area contributed by atoms with Crippen molar-refractivity contribution in [2.45, 2.75) is 12.2 Å². The molecule has 0 aromatic carbocycles. The fourth-order valence-corrected chi connectivity index (χ4v) is 0.404. The van der Waals surface area contributed by atoms with Crippen molar-refractivity contribution in [1.29, 1.82) is 0 Å². The Morgan fingerprint density at radius 2 is 2.25 bits per heavy atom. The molecular formula is C3H4F3NO. The molecule has 0 bridgehead atoms. The van der Waals surface area contributed by atoms with Gasteiger partial charge in [-0.05, 0) is 0 Å². The van der Waals surface area contributed by atoms with Crippen LogP contribution in [0.4, 0.5) is 13.3 Å². The van der Waals surface area contributed by atoms with E-state index < -0.39 is 18.8 Å². The Bertz CT molecular complexity index is 94.5. The van der Waals surface area contributed by atoms with Gasteiger partial charge in [0.1, 0.15) is 6.61 Å². The van der Waals surface area contributed by atoms with Crippen LogP contribution < -0.4 is 5.54 Å². The molecule has 1 saturated heterocycles. The average molecular weight is 127 g/mol. The highest BCUT2D eigenvalue weighted by Gasteiger charge is 2.50. The van der Waals surface area contributed by atoms with Crippen molar-refractivity contribution >= 4 is 0 Å². The highest BCUT2D eigenvalue weighted by Crippen LogP contribution is 2.29. The third-order valence-corrected chi connectivity index (χ3v) is 0.925. The van der Waals surface area contributed by atoms with Gasteiger partial charge in [-0.1, -0.05) is 0 Å². The Morgan fingerprint density at radius 3 is 2.25 bits per heavy atom. The molecule has 1 aliphatic rings. The maximum atomic E-state index is 11.8. The van der Waals surface area contributed by atoms with Gasteiger partial charge in [-0.3, -0.25) is 0 Å². The molecule has 1 rings (SSSR count). The molecule has 0 aliphatic carbocycles. The molecular weight excluding hydrogens is 123 g/mol. The second-order valence-electron chi connectivity index (χ2n) is 1.56. The van der Waals surface area contributed by atoms with Crippen molar-refractivity contribution in [3.8, 4) is 0 Å². The van der Waals surface area contributed by atoms with Gasteiger partial charge in [0, 0.05) is 0 Å². The van der Waals surface area contributed by atoms with E-state index in [2.05, 4.69) is 4.74 Å². The Labute approximate surface area is 43.6 Å². The molecule has 1 N–H and O–H groups in total. The quantitative estimate of drug-likeness (QED) is 0.516. The molecule has 1 atom stereocenters. The first-order valence-corrected chi connectivity index (χ1v) is 2.02. The van der Waals surface area contributed by atoms with E-state index in [0.717, 1.165) is 5.54 Å². The summed E-state index contributed by atoms with van der Waals surface area (Å²) in [5.41, 5.74) is 0.819. The first-order chi connectivity index (χ1) is 3.67. The van der Waals surface area contributed by atoms with Crippen LogP contribution >= 0.6 is 0 Å². The summed E-state index contributed by atoms with van der Waals surface area (Å²) in [5.74, 6) is -3.02. The largest absolute Gasteiger partial charge is 0.348 e. The highest BCUT2D eigenvalue weighted by atomic mass is 19.3. The van der Waals surface area contributed by atoms with Crippen LogP contribution in [0.3, 0.4) is 0 Å². The second kappa shape index (κ2) is 1.60. The van der Waals surface area contributed by atoms with E-state index >= 15 is 0 Å². The second-order valence-corrected chi connectivity index (χ2v) is 1.56. The van der Waals surface area contributed by atoms with E-state index in [-0.39, 0.29) is 0 Å². The molecule has 8 heavy (non-hydrogen) atoms. The smallest absolute Gasteiger partial charge is 0.311 e. The summed E-state index contributed by atoms with van der Waals surface area (Å²) in [4.78, 5) is 0. The van der Waals surface area contributed by atoms with Crippen LogP contribution in [0.5, 0.6) is 0 Å². The number of hydrogen-bond acceptors (Lipinski definition) is 2. The molecule has 2 nitrogen and oxygen atoms in total. The number of nitrogens with one attached hydrogen (secondary N) is 1. The maximum Gasteiger partial charge on any atom is 0.311 e. The number of alkyl halides is 2. The predicted octanol–water partition coefficient (Wildman–Crippen LogP) is 0.452. The van der Waals surface area contributed by atoms with E-state index in [0.29, 0.717) is 0 Å². The molecule has 1 fully saturated rings. The molecule has 0 aromatic heterocycles. The van der Waals surface area contributed by atoms with Crippen molar-refractivity contribution in [2.24, 2.45) is 0 Å². The van der Waals surface area contributed by atoms with Gasteiger partial charge in [-0.25, -0.2) is 0 Å². The predicted molar refractivity (Wildman–Crippen MR) is 18.9 cm³/mol. The summed E-state index contributed by atoms with van der Waals surface area (Å²) in [6.07, 6.45) is -1.72. The lowest BCUT2D eigenvalue weighted by molar-refractivity contribution is -0.288. The SMILES string of the molecule is FNC1OCC1(F)F. The first-order valence-electron chi connectivity index (χ1n) is 2.02. The van der Waals surface area contributed by atoms with Crippen LogP contribution in [0.1, 0.15) is 0 Å². The van der Waals surface area contributed by atoms with E-state index in [1.165, 1.54) is 0 Å². The van der Waals surface area contributed by atoms with Crippen LogP contribution in [0, 0.1) is 0 Å². The fraction of sp³-hybridized carbons (Fsp3) is 1.00. The van der Waals surface area contributed by atoms with Crippen LogP contribution in [0.2, 0.25) is 0 Å². The standard InChI is InChI=1S/C3H4F3NO/c4-3(5)1-8-2(3)7-6/h2,7H,1H2. The highest BCUT2D eigenvalue weighted by molar-refractivity contribution is 4.81. The Hall–Kier alpha value is -0.290. The van der Waals surface area contributed by atoms with Crippen molar-refractivity contribution in [1.82, 2.24) is 5.54 Å². The van der Waals surface area contributed by atoms with Crippen LogP contribution in [0.15, 0.2) is 0 Å². The van der Waals surface area contributed by atoms with Gasteiger partial charge in [0.15, 0.2) is 0 Å². The monoisotopic (exact) mass is 127 g/mol. The van der Waals surface area contributed by atoms with Crippen molar-refractivity contribution in [3.63, 3.8) is 0 Å². The van der Waals surface area contributed by atoms with Gasteiger partial charge >= 0.3 is 5.92 Å². The normalized spacial score (nSPS) is 34.1. The van der Waals surface area contributed by atoms with Gasteiger partial charge in [-0.15, -0.1) is 10.0 Å². The lowest BCUT2D eigenvalue weighted by atomic mass is 10.2. The van der Waals surface area contributed by atoms with Gasteiger partial charge in [0.05, 0.1) is 0 Å². The van der Waals surface area contributed by atoms with E-state index in [1.807, 2.05) is 0 Å². The van der Waals surface area contributed by atoms with Gasteiger partial charge in [0.25, 0.3) is 0 Å². The van der Waals surface area contributed by atoms with Crippen LogP contribution in [-0.4, -0.2) is 18.8 Å². The van der Waals surface area contributed by atoms with Crippen molar-refractivity contribution in [2.75, 3.05) is 6.61 Å². The molecule has 0 spiro atoms. The van der Waals surface area contributed by atoms with Crippen LogP contribution in [0.25, 0.3) is 0 Å². The minimum Gasteiger partial charge on any atom is -0.348 e. The Kier molecular flexibility index (Phi) is 1.16. The topological polar surface area (TPSA) is 21.3 Å². The third kappa shape index (κ3) is 0.674. The minimum absolute atomic E-state index is 0.686. The lowest BCUT2D eigenvalue weighted by Crippen LogP contribution is -2.57. The Morgan fingerprint density at radius 1 is 1.62 bits per heavy atom. The summed E-state index contributed by atoms with van der Waals surface area (Å²) >= 11 is 0. The summed E-state index contributed by atoms with van der Waals surface area (Å²) in [6, 6.07) is 0. The zero-order chi connectivity index (χ0) is 6.20. The van der Waals surface area contributed by atoms with E-state index in [9.17, 15) is 13.3 Å². The molecule has 0 aromatic rings. The van der Waals surface area contributed by atoms with Crippen molar-refractivity contribution < 1.29 is 18.0 Å². The zero-order valence-corrected chi connectivity index (χ0v) is 3.83. The van der Waals surface area contributed by atoms with Crippen molar-refractivity contribution in [3.05, 3.63) is 0 Å². The summed E-state index contributed by atoms with van der Waals surface area (Å²) < 4.78 is 38.7.